The molecule has 0 atom stereocenters. The minimum atomic E-state index is -0.525. The number of hydroxylamine groups is 1. The third-order valence-corrected chi connectivity index (χ3v) is 2.28. The van der Waals surface area contributed by atoms with E-state index in [0.717, 1.165) is 0 Å². The van der Waals surface area contributed by atoms with Gasteiger partial charge in [0.25, 0.3) is 0 Å². The van der Waals surface area contributed by atoms with Crippen molar-refractivity contribution < 1.29 is 14.0 Å². The predicted octanol–water partition coefficient (Wildman–Crippen LogP) is 2.30. The van der Waals surface area contributed by atoms with E-state index >= 15 is 0 Å². The first-order valence-corrected chi connectivity index (χ1v) is 5.23. The number of aromatic nitrogens is 1. The Morgan fingerprint density at radius 2 is 2.06 bits per heavy atom. The lowest BCUT2D eigenvalue weighted by Gasteiger charge is -2.09. The van der Waals surface area contributed by atoms with Gasteiger partial charge in [-0.1, -0.05) is 0 Å². The molecule has 0 aliphatic rings. The average molecular weight is 249 g/mol. The molecule has 0 spiro atoms. The molecule has 0 unspecified atom stereocenters. The summed E-state index contributed by atoms with van der Waals surface area (Å²) in [5.74, 6) is -0.371. The lowest BCUT2D eigenvalue weighted by molar-refractivity contribution is 0.114. The molecule has 0 saturated heterocycles. The summed E-state index contributed by atoms with van der Waals surface area (Å²) in [6.45, 7) is 0. The number of rotatable bonds is 3. The number of benzene rings is 1. The molecule has 2 N–H and O–H groups in total. The molecule has 0 aliphatic carbocycles. The topological polar surface area (TPSA) is 55.3 Å². The number of urea groups is 1. The van der Waals surface area contributed by atoms with E-state index in [1.807, 2.05) is 0 Å². The maximum atomic E-state index is 13.6. The summed E-state index contributed by atoms with van der Waals surface area (Å²) in [6, 6.07) is 7.34. The fraction of sp³-hybridized carbons (Fsp3) is 0.0833. The van der Waals surface area contributed by atoms with Gasteiger partial charge in [-0.2, -0.15) is 0 Å². The van der Waals surface area contributed by atoms with E-state index < -0.39 is 6.03 Å². The maximum Gasteiger partial charge on any atom is 0.343 e. The van der Waals surface area contributed by atoms with Crippen molar-refractivity contribution in [3.8, 4) is 5.69 Å². The largest absolute Gasteiger partial charge is 0.343 e. The third kappa shape index (κ3) is 2.67. The number of hydrogen-bond acceptors (Lipinski definition) is 2. The van der Waals surface area contributed by atoms with Gasteiger partial charge in [0.1, 0.15) is 5.82 Å². The van der Waals surface area contributed by atoms with Crippen molar-refractivity contribution in [1.29, 1.82) is 0 Å². The average Bonchev–Trinajstić information content (AvgIpc) is 2.85. The molecular weight excluding hydrogens is 237 g/mol. The second-order valence-electron chi connectivity index (χ2n) is 3.52. The minimum absolute atomic E-state index is 0.357. The maximum absolute atomic E-state index is 13.6. The Morgan fingerprint density at radius 3 is 2.72 bits per heavy atom. The summed E-state index contributed by atoms with van der Waals surface area (Å²) in [4.78, 5) is 15.7. The molecular formula is C12H12FN3O2. The van der Waals surface area contributed by atoms with Crippen LogP contribution in [0.5, 0.6) is 0 Å². The summed E-state index contributed by atoms with van der Waals surface area (Å²) in [5, 5.41) is 2.52. The van der Waals surface area contributed by atoms with Crippen LogP contribution in [0.3, 0.4) is 0 Å². The molecule has 0 bridgehead atoms. The van der Waals surface area contributed by atoms with Gasteiger partial charge in [0.05, 0.1) is 12.8 Å². The summed E-state index contributed by atoms with van der Waals surface area (Å²) in [5.41, 5.74) is 2.94. The molecule has 2 amide bonds. The summed E-state index contributed by atoms with van der Waals surface area (Å²) in [6.07, 6.45) is 3.44. The van der Waals surface area contributed by atoms with Crippen LogP contribution < -0.4 is 10.8 Å². The highest BCUT2D eigenvalue weighted by Crippen LogP contribution is 2.18. The molecule has 0 fully saturated rings. The number of amides is 2. The van der Waals surface area contributed by atoms with Crippen molar-refractivity contribution in [3.05, 3.63) is 48.5 Å². The standard InChI is InChI=1S/C12H12FN3O2/c1-18-15-12(17)14-9-4-5-10(13)11(8-9)16-6-2-3-7-16/h2-8H,1H3,(H2,14,15,17). The minimum Gasteiger partial charge on any atom is -0.321 e. The molecule has 18 heavy (non-hydrogen) atoms. The van der Waals surface area contributed by atoms with Crippen LogP contribution in [0, 0.1) is 5.82 Å². The summed E-state index contributed by atoms with van der Waals surface area (Å²) >= 11 is 0. The zero-order chi connectivity index (χ0) is 13.0. The van der Waals surface area contributed by atoms with Crippen LogP contribution in [0.15, 0.2) is 42.7 Å². The summed E-state index contributed by atoms with van der Waals surface area (Å²) in [7, 11) is 1.33. The molecule has 5 nitrogen and oxygen atoms in total. The van der Waals surface area contributed by atoms with Gasteiger partial charge in [-0.15, -0.1) is 0 Å². The van der Waals surface area contributed by atoms with Crippen molar-refractivity contribution in [2.24, 2.45) is 0 Å². The van der Waals surface area contributed by atoms with Gasteiger partial charge in [-0.05, 0) is 30.3 Å². The first-order valence-electron chi connectivity index (χ1n) is 5.23. The Hall–Kier alpha value is -2.34. The van der Waals surface area contributed by atoms with E-state index in [4.69, 9.17) is 0 Å². The second kappa shape index (κ2) is 5.33. The summed E-state index contributed by atoms with van der Waals surface area (Å²) < 4.78 is 15.3. The molecule has 1 aromatic carbocycles. The number of anilines is 1. The molecule has 2 rings (SSSR count). The molecule has 0 radical (unpaired) electrons. The number of carbonyl (C=O) groups is 1. The molecule has 0 aliphatic heterocycles. The van der Waals surface area contributed by atoms with E-state index in [9.17, 15) is 9.18 Å². The number of hydrogen-bond donors (Lipinski definition) is 2. The van der Waals surface area contributed by atoms with Crippen LogP contribution in [-0.4, -0.2) is 17.7 Å². The Balaban J connectivity index is 2.24. The Labute approximate surface area is 103 Å². The number of nitrogens with zero attached hydrogens (tertiary/aromatic N) is 1. The Morgan fingerprint density at radius 1 is 1.33 bits per heavy atom. The van der Waals surface area contributed by atoms with Crippen LogP contribution in [0.4, 0.5) is 14.9 Å². The van der Waals surface area contributed by atoms with Gasteiger partial charge in [0.2, 0.25) is 0 Å². The molecule has 94 valence electrons. The molecule has 1 heterocycles. The van der Waals surface area contributed by atoms with Crippen molar-refractivity contribution in [2.45, 2.75) is 0 Å². The smallest absolute Gasteiger partial charge is 0.321 e. The van der Waals surface area contributed by atoms with E-state index in [1.54, 1.807) is 29.1 Å². The highest BCUT2D eigenvalue weighted by Gasteiger charge is 2.07. The van der Waals surface area contributed by atoms with E-state index in [-0.39, 0.29) is 5.82 Å². The van der Waals surface area contributed by atoms with Crippen molar-refractivity contribution in [1.82, 2.24) is 10.0 Å². The van der Waals surface area contributed by atoms with Crippen molar-refractivity contribution >= 4 is 11.7 Å². The first kappa shape index (κ1) is 12.1. The molecule has 0 saturated carbocycles. The fourth-order valence-electron chi connectivity index (χ4n) is 1.53. The molecule has 2 aromatic rings. The Bertz CT molecular complexity index is 540. The number of carbonyl (C=O) groups excluding carboxylic acids is 1. The number of nitrogens with one attached hydrogen (secondary N) is 2. The van der Waals surface area contributed by atoms with E-state index in [0.29, 0.717) is 11.4 Å². The van der Waals surface area contributed by atoms with Gasteiger partial charge >= 0.3 is 6.03 Å². The monoisotopic (exact) mass is 249 g/mol. The Kier molecular flexibility index (Phi) is 3.59. The quantitative estimate of drug-likeness (QED) is 0.820. The van der Waals surface area contributed by atoms with Gasteiger partial charge < -0.3 is 9.88 Å². The highest BCUT2D eigenvalue weighted by molar-refractivity contribution is 5.88. The lowest BCUT2D eigenvalue weighted by Crippen LogP contribution is -2.27. The number of halogens is 1. The van der Waals surface area contributed by atoms with Gasteiger partial charge in [0.15, 0.2) is 0 Å². The van der Waals surface area contributed by atoms with Crippen molar-refractivity contribution in [2.75, 3.05) is 12.4 Å². The third-order valence-electron chi connectivity index (χ3n) is 2.28. The van der Waals surface area contributed by atoms with E-state index in [1.165, 1.54) is 25.3 Å². The first-order chi connectivity index (χ1) is 8.70. The zero-order valence-corrected chi connectivity index (χ0v) is 9.68. The SMILES string of the molecule is CONC(=O)Nc1ccc(F)c(-n2cccc2)c1. The van der Waals surface area contributed by atoms with Gasteiger partial charge in [-0.25, -0.2) is 14.7 Å². The van der Waals surface area contributed by atoms with Crippen LogP contribution >= 0.6 is 0 Å². The fourth-order valence-corrected chi connectivity index (χ4v) is 1.53. The van der Waals surface area contributed by atoms with Gasteiger partial charge in [0, 0.05) is 18.1 Å². The molecule has 1 aromatic heterocycles. The molecule has 6 heteroatoms. The van der Waals surface area contributed by atoms with Gasteiger partial charge in [-0.3, -0.25) is 4.84 Å². The van der Waals surface area contributed by atoms with Crippen molar-refractivity contribution in [3.63, 3.8) is 0 Å². The van der Waals surface area contributed by atoms with Crippen LogP contribution in [0.2, 0.25) is 0 Å². The van der Waals surface area contributed by atoms with Crippen LogP contribution in [0.1, 0.15) is 0 Å². The lowest BCUT2D eigenvalue weighted by atomic mass is 10.2. The van der Waals surface area contributed by atoms with E-state index in [2.05, 4.69) is 15.6 Å². The highest BCUT2D eigenvalue weighted by atomic mass is 19.1. The zero-order valence-electron chi connectivity index (χ0n) is 9.68. The normalized spacial score (nSPS) is 10.1. The predicted molar refractivity (Wildman–Crippen MR) is 64.9 cm³/mol. The van der Waals surface area contributed by atoms with Crippen LogP contribution in [-0.2, 0) is 4.84 Å². The second-order valence-corrected chi connectivity index (χ2v) is 3.52. The van der Waals surface area contributed by atoms with Crippen LogP contribution in [0.25, 0.3) is 5.69 Å².